The fraction of sp³-hybridized carbons (Fsp3) is 0.333. The van der Waals surface area contributed by atoms with E-state index in [0.29, 0.717) is 5.17 Å². The van der Waals surface area contributed by atoms with Crippen LogP contribution in [-0.2, 0) is 10.3 Å². The van der Waals surface area contributed by atoms with E-state index in [0.717, 1.165) is 35.4 Å². The number of amides is 1. The Labute approximate surface area is 159 Å². The van der Waals surface area contributed by atoms with Crippen LogP contribution in [0.2, 0.25) is 0 Å². The van der Waals surface area contributed by atoms with E-state index in [1.54, 1.807) is 11.8 Å². The van der Waals surface area contributed by atoms with Gasteiger partial charge in [-0.15, -0.1) is 0 Å². The van der Waals surface area contributed by atoms with Crippen molar-refractivity contribution in [2.75, 3.05) is 11.1 Å². The molecule has 0 aromatic heterocycles. The van der Waals surface area contributed by atoms with Crippen molar-refractivity contribution in [3.63, 3.8) is 0 Å². The van der Waals surface area contributed by atoms with Crippen LogP contribution < -0.4 is 11.1 Å². The van der Waals surface area contributed by atoms with Gasteiger partial charge in [-0.05, 0) is 43.0 Å². The molecule has 0 saturated heterocycles. The Kier molecular flexibility index (Phi) is 5.67. The fourth-order valence-corrected chi connectivity index (χ4v) is 4.29. The summed E-state index contributed by atoms with van der Waals surface area (Å²) in [7, 11) is 0. The van der Waals surface area contributed by atoms with Gasteiger partial charge in [0.1, 0.15) is 0 Å². The highest BCUT2D eigenvalue weighted by molar-refractivity contribution is 8.13. The average Bonchev–Trinajstić information content (AvgIpc) is 2.63. The minimum absolute atomic E-state index is 0.0169. The first-order valence-corrected chi connectivity index (χ1v) is 9.95. The highest BCUT2D eigenvalue weighted by Gasteiger charge is 2.29. The van der Waals surface area contributed by atoms with Crippen molar-refractivity contribution in [3.8, 4) is 0 Å². The van der Waals surface area contributed by atoms with Crippen LogP contribution in [0.1, 0.15) is 43.7 Å². The molecule has 1 heterocycles. The maximum Gasteiger partial charge on any atom is 0.231 e. The third-order valence-corrected chi connectivity index (χ3v) is 5.67. The number of thioether (sulfide) groups is 1. The molecule has 2 atom stereocenters. The quantitative estimate of drug-likeness (QED) is 0.818. The number of benzene rings is 2. The second-order valence-corrected chi connectivity index (χ2v) is 7.88. The van der Waals surface area contributed by atoms with Crippen molar-refractivity contribution >= 4 is 28.5 Å². The molecule has 0 radical (unpaired) electrons. The molecule has 1 aliphatic rings. The number of aliphatic imine (C=N–C) groups is 1. The zero-order valence-corrected chi connectivity index (χ0v) is 16.1. The zero-order chi connectivity index (χ0) is 18.6. The van der Waals surface area contributed by atoms with Crippen LogP contribution in [-0.4, -0.2) is 16.8 Å². The van der Waals surface area contributed by atoms with E-state index in [1.165, 1.54) is 0 Å². The number of hydrogen-bond acceptors (Lipinski definition) is 4. The van der Waals surface area contributed by atoms with Crippen molar-refractivity contribution < 1.29 is 4.79 Å². The number of anilines is 1. The zero-order valence-electron chi connectivity index (χ0n) is 15.2. The van der Waals surface area contributed by atoms with E-state index in [9.17, 15) is 4.79 Å². The highest BCUT2D eigenvalue weighted by atomic mass is 32.2. The van der Waals surface area contributed by atoms with E-state index in [1.807, 2.05) is 55.5 Å². The van der Waals surface area contributed by atoms with Gasteiger partial charge in [0.15, 0.2) is 5.17 Å². The molecule has 0 bridgehead atoms. The highest BCUT2D eigenvalue weighted by Crippen LogP contribution is 2.36. The molecule has 0 fully saturated rings. The molecular weight excluding hydrogens is 342 g/mol. The van der Waals surface area contributed by atoms with Crippen LogP contribution in [0.5, 0.6) is 0 Å². The van der Waals surface area contributed by atoms with Gasteiger partial charge in [-0.1, -0.05) is 61.2 Å². The summed E-state index contributed by atoms with van der Waals surface area (Å²) in [6.07, 6.45) is 1.68. The predicted molar refractivity (Wildman–Crippen MR) is 111 cm³/mol. The summed E-state index contributed by atoms with van der Waals surface area (Å²) in [5.74, 6) is 0.812. The number of nitrogens with one attached hydrogen (secondary N) is 1. The first kappa shape index (κ1) is 18.5. The Morgan fingerprint density at radius 2 is 2.04 bits per heavy atom. The molecule has 136 valence electrons. The first-order valence-electron chi connectivity index (χ1n) is 8.96. The second-order valence-electron chi connectivity index (χ2n) is 6.76. The topological polar surface area (TPSA) is 67.5 Å². The van der Waals surface area contributed by atoms with Gasteiger partial charge in [-0.25, -0.2) is 0 Å². The van der Waals surface area contributed by atoms with E-state index in [4.69, 9.17) is 5.73 Å². The average molecular weight is 368 g/mol. The molecule has 0 spiro atoms. The molecule has 2 aromatic rings. The summed E-state index contributed by atoms with van der Waals surface area (Å²) in [5, 5.41) is 3.70. The molecule has 26 heavy (non-hydrogen) atoms. The lowest BCUT2D eigenvalue weighted by Gasteiger charge is -2.30. The number of rotatable bonds is 5. The van der Waals surface area contributed by atoms with Crippen molar-refractivity contribution in [2.24, 2.45) is 10.7 Å². The number of nitrogens with zero attached hydrogens (tertiary/aromatic N) is 1. The number of carbonyl (C=O) groups is 1. The molecule has 0 aliphatic carbocycles. The van der Waals surface area contributed by atoms with Gasteiger partial charge in [0, 0.05) is 11.4 Å². The smallest absolute Gasteiger partial charge is 0.231 e. The van der Waals surface area contributed by atoms with Gasteiger partial charge >= 0.3 is 0 Å². The molecular formula is C21H25N3OS. The third-order valence-electron chi connectivity index (χ3n) is 4.87. The van der Waals surface area contributed by atoms with Gasteiger partial charge in [0.05, 0.1) is 11.5 Å². The van der Waals surface area contributed by atoms with Gasteiger partial charge in [-0.2, -0.15) is 0 Å². The van der Waals surface area contributed by atoms with Crippen LogP contribution in [0, 0.1) is 0 Å². The number of hydrogen-bond donors (Lipinski definition) is 2. The second kappa shape index (κ2) is 7.96. The minimum Gasteiger partial charge on any atom is -0.379 e. The van der Waals surface area contributed by atoms with E-state index >= 15 is 0 Å². The molecule has 5 heteroatoms. The summed E-state index contributed by atoms with van der Waals surface area (Å²) >= 11 is 1.59. The molecule has 1 aliphatic heterocycles. The summed E-state index contributed by atoms with van der Waals surface area (Å²) in [6, 6.07) is 17.9. The Bertz CT molecular complexity index is 806. The Morgan fingerprint density at radius 1 is 1.27 bits per heavy atom. The van der Waals surface area contributed by atoms with Crippen molar-refractivity contribution in [1.29, 1.82) is 0 Å². The molecule has 4 nitrogen and oxygen atoms in total. The van der Waals surface area contributed by atoms with E-state index in [2.05, 4.69) is 23.3 Å². The Hall–Kier alpha value is -2.27. The maximum absolute atomic E-state index is 12.8. The lowest BCUT2D eigenvalue weighted by molar-refractivity contribution is -0.117. The first-order chi connectivity index (χ1) is 12.5. The van der Waals surface area contributed by atoms with Crippen molar-refractivity contribution in [3.05, 3.63) is 65.7 Å². The van der Waals surface area contributed by atoms with Crippen LogP contribution in [0.3, 0.4) is 0 Å². The van der Waals surface area contributed by atoms with Crippen molar-refractivity contribution in [1.82, 2.24) is 0 Å². The minimum atomic E-state index is -0.334. The Balaban J connectivity index is 1.80. The standard InChI is InChI=1S/C21H25N3OS/c1-3-18(15-8-5-4-6-9-15)19(25)23-17-11-7-10-16(14-17)21(2)12-13-26-20(22)24-21/h4-11,14,18H,3,12-13H2,1-2H3,(H2,22,24)(H,23,25). The van der Waals surface area contributed by atoms with Crippen LogP contribution in [0.4, 0.5) is 5.69 Å². The third kappa shape index (κ3) is 4.10. The van der Waals surface area contributed by atoms with Gasteiger partial charge in [-0.3, -0.25) is 9.79 Å². The van der Waals surface area contributed by atoms with Crippen LogP contribution in [0.15, 0.2) is 59.6 Å². The fourth-order valence-electron chi connectivity index (χ4n) is 3.31. The number of amidine groups is 1. The summed E-state index contributed by atoms with van der Waals surface area (Å²) in [4.78, 5) is 17.4. The SMILES string of the molecule is CCC(C(=O)Nc1cccc(C2(C)CCSC(N)=N2)c1)c1ccccc1. The van der Waals surface area contributed by atoms with Crippen LogP contribution >= 0.6 is 11.8 Å². The Morgan fingerprint density at radius 3 is 2.73 bits per heavy atom. The summed E-state index contributed by atoms with van der Waals surface area (Å²) < 4.78 is 0. The van der Waals surface area contributed by atoms with Gasteiger partial charge in [0.2, 0.25) is 5.91 Å². The van der Waals surface area contributed by atoms with E-state index < -0.39 is 0 Å². The van der Waals surface area contributed by atoms with Crippen LogP contribution in [0.25, 0.3) is 0 Å². The molecule has 3 N–H and O–H groups in total. The van der Waals surface area contributed by atoms with Gasteiger partial charge < -0.3 is 11.1 Å². The lowest BCUT2D eigenvalue weighted by atomic mass is 9.89. The largest absolute Gasteiger partial charge is 0.379 e. The normalized spacial score (nSPS) is 20.9. The summed E-state index contributed by atoms with van der Waals surface area (Å²) in [5.41, 5.74) is 8.51. The maximum atomic E-state index is 12.8. The molecule has 1 amide bonds. The van der Waals surface area contributed by atoms with Gasteiger partial charge in [0.25, 0.3) is 0 Å². The van der Waals surface area contributed by atoms with Crippen molar-refractivity contribution in [2.45, 2.75) is 38.1 Å². The molecule has 0 saturated carbocycles. The number of carbonyl (C=O) groups excluding carboxylic acids is 1. The molecule has 2 unspecified atom stereocenters. The lowest BCUT2D eigenvalue weighted by Crippen LogP contribution is -2.29. The summed E-state index contributed by atoms with van der Waals surface area (Å²) in [6.45, 7) is 4.13. The monoisotopic (exact) mass is 367 g/mol. The molecule has 3 rings (SSSR count). The molecule has 2 aromatic carbocycles. The predicted octanol–water partition coefficient (Wildman–Crippen LogP) is 4.49. The van der Waals surface area contributed by atoms with E-state index in [-0.39, 0.29) is 17.4 Å². The number of nitrogens with two attached hydrogens (primary N) is 1.